The Bertz CT molecular complexity index is 223. The topological polar surface area (TPSA) is 54.4 Å². The second-order valence-electron chi connectivity index (χ2n) is 2.53. The van der Waals surface area contributed by atoms with Crippen LogP contribution in [0.5, 0.6) is 0 Å². The summed E-state index contributed by atoms with van der Waals surface area (Å²) in [6, 6.07) is 0. The van der Waals surface area contributed by atoms with Crippen LogP contribution in [0.25, 0.3) is 0 Å². The van der Waals surface area contributed by atoms with Gasteiger partial charge in [0.15, 0.2) is 0 Å². The fraction of sp³-hybridized carbons (Fsp3) is 1.00. The summed E-state index contributed by atoms with van der Waals surface area (Å²) in [5, 5.41) is 8.53. The fourth-order valence-electron chi connectivity index (χ4n) is 1.11. The molecular formula is C5H12NO3S+. The van der Waals surface area contributed by atoms with Crippen molar-refractivity contribution < 1.29 is 17.4 Å². The van der Waals surface area contributed by atoms with Crippen LogP contribution in [-0.4, -0.2) is 43.0 Å². The van der Waals surface area contributed by atoms with Crippen LogP contribution in [0.4, 0.5) is 0 Å². The number of sulfonamides is 1. The number of aliphatic hydroxyl groups is 1. The summed E-state index contributed by atoms with van der Waals surface area (Å²) < 4.78 is 21.8. The zero-order valence-corrected chi connectivity index (χ0v) is 6.76. The van der Waals surface area contributed by atoms with E-state index < -0.39 is 10.0 Å². The van der Waals surface area contributed by atoms with Gasteiger partial charge in [0.05, 0.1) is 13.2 Å². The molecule has 0 aliphatic carbocycles. The van der Waals surface area contributed by atoms with Gasteiger partial charge in [0.1, 0.15) is 6.54 Å². The summed E-state index contributed by atoms with van der Waals surface area (Å²) in [5.74, 6) is 0.212. The van der Waals surface area contributed by atoms with Crippen LogP contribution in [-0.2, 0) is 10.0 Å². The van der Waals surface area contributed by atoms with Gasteiger partial charge in [0.2, 0.25) is 5.88 Å². The average Bonchev–Trinajstić information content (AvgIpc) is 2.37. The highest BCUT2D eigenvalue weighted by molar-refractivity contribution is 7.90. The Labute approximate surface area is 60.7 Å². The van der Waals surface area contributed by atoms with Crippen molar-refractivity contribution in [3.05, 3.63) is 0 Å². The highest BCUT2D eigenvalue weighted by Gasteiger charge is 2.60. The van der Waals surface area contributed by atoms with Crippen molar-refractivity contribution >= 4 is 10.0 Å². The lowest BCUT2D eigenvalue weighted by Crippen LogP contribution is -2.30. The molecule has 60 valence electrons. The van der Waals surface area contributed by atoms with Gasteiger partial charge in [-0.3, -0.25) is 0 Å². The van der Waals surface area contributed by atoms with Gasteiger partial charge in [0.25, 0.3) is 0 Å². The molecule has 10 heavy (non-hydrogen) atoms. The molecule has 5 heteroatoms. The number of likely N-dealkylation sites (N-methyl/N-ethyl adjacent to an activating group) is 1. The molecule has 1 aliphatic rings. The SMILES string of the molecule is CC[N+]1(CCO)CS1(=O)=O. The molecule has 1 saturated heterocycles. The standard InChI is InChI=1S/C5H12NO3S/c1-2-6(3-4-7)5-10(6,8)9/h7H,2-5H2,1H3/q+1. The highest BCUT2D eigenvalue weighted by Crippen LogP contribution is 2.31. The Morgan fingerprint density at radius 2 is 2.10 bits per heavy atom. The van der Waals surface area contributed by atoms with E-state index in [-0.39, 0.29) is 16.4 Å². The summed E-state index contributed by atoms with van der Waals surface area (Å²) in [6.45, 7) is 2.69. The van der Waals surface area contributed by atoms with Crippen LogP contribution in [0.2, 0.25) is 0 Å². The van der Waals surface area contributed by atoms with E-state index in [1.165, 1.54) is 0 Å². The molecule has 4 nitrogen and oxygen atoms in total. The van der Waals surface area contributed by atoms with E-state index in [9.17, 15) is 8.42 Å². The first-order chi connectivity index (χ1) is 4.58. The number of quaternary nitrogens is 1. The van der Waals surface area contributed by atoms with Crippen molar-refractivity contribution in [3.63, 3.8) is 0 Å². The molecule has 0 spiro atoms. The Morgan fingerprint density at radius 1 is 1.60 bits per heavy atom. The Kier molecular flexibility index (Phi) is 1.74. The van der Waals surface area contributed by atoms with Gasteiger partial charge in [-0.15, -0.1) is 0 Å². The monoisotopic (exact) mass is 166 g/mol. The molecule has 0 saturated carbocycles. The first kappa shape index (κ1) is 7.97. The molecule has 1 aliphatic heterocycles. The highest BCUT2D eigenvalue weighted by atomic mass is 32.2. The van der Waals surface area contributed by atoms with Crippen LogP contribution in [0, 0.1) is 0 Å². The Balaban J connectivity index is 2.68. The zero-order valence-electron chi connectivity index (χ0n) is 5.95. The number of nitrogens with zero attached hydrogens (tertiary/aromatic N) is 1. The minimum absolute atomic E-state index is 0.0485. The van der Waals surface area contributed by atoms with Crippen LogP contribution in [0.15, 0.2) is 0 Å². The first-order valence-corrected chi connectivity index (χ1v) is 4.89. The van der Waals surface area contributed by atoms with Crippen molar-refractivity contribution in [2.75, 3.05) is 25.6 Å². The molecule has 1 unspecified atom stereocenters. The lowest BCUT2D eigenvalue weighted by molar-refractivity contribution is -0.731. The van der Waals surface area contributed by atoms with Gasteiger partial charge < -0.3 is 5.11 Å². The van der Waals surface area contributed by atoms with Crippen molar-refractivity contribution in [1.29, 1.82) is 0 Å². The lowest BCUT2D eigenvalue weighted by atomic mass is 10.6. The van der Waals surface area contributed by atoms with Gasteiger partial charge in [-0.1, -0.05) is 0 Å². The number of aliphatic hydroxyl groups excluding tert-OH is 1. The molecule has 0 aromatic rings. The molecule has 0 amide bonds. The van der Waals surface area contributed by atoms with Crippen LogP contribution in [0.3, 0.4) is 0 Å². The molecule has 0 radical (unpaired) electrons. The molecule has 0 aromatic heterocycles. The zero-order chi connectivity index (χ0) is 7.83. The summed E-state index contributed by atoms with van der Waals surface area (Å²) in [5.41, 5.74) is 0. The van der Waals surface area contributed by atoms with Crippen molar-refractivity contribution in [2.24, 2.45) is 0 Å². The molecule has 1 atom stereocenters. The third-order valence-corrected chi connectivity index (χ3v) is 4.27. The molecule has 0 bridgehead atoms. The summed E-state index contributed by atoms with van der Waals surface area (Å²) in [4.78, 5) is 0. The van der Waals surface area contributed by atoms with Crippen molar-refractivity contribution in [3.8, 4) is 0 Å². The number of hydrogen-bond acceptors (Lipinski definition) is 3. The van der Waals surface area contributed by atoms with E-state index in [1.54, 1.807) is 0 Å². The second kappa shape index (κ2) is 2.18. The molecule has 1 fully saturated rings. The Hall–Kier alpha value is -0.130. The summed E-state index contributed by atoms with van der Waals surface area (Å²) >= 11 is 0. The summed E-state index contributed by atoms with van der Waals surface area (Å²) in [7, 11) is -2.85. The molecule has 1 N–H and O–H groups in total. The maximum Gasteiger partial charge on any atom is 0.350 e. The van der Waals surface area contributed by atoms with Crippen LogP contribution < -0.4 is 0 Å². The van der Waals surface area contributed by atoms with Gasteiger partial charge in [-0.25, -0.2) is 0 Å². The quantitative estimate of drug-likeness (QED) is 0.437. The van der Waals surface area contributed by atoms with E-state index in [2.05, 4.69) is 0 Å². The van der Waals surface area contributed by atoms with Crippen molar-refractivity contribution in [2.45, 2.75) is 6.92 Å². The van der Waals surface area contributed by atoms with Crippen molar-refractivity contribution in [1.82, 2.24) is 0 Å². The van der Waals surface area contributed by atoms with Gasteiger partial charge in [0, 0.05) is 0 Å². The van der Waals surface area contributed by atoms with Gasteiger partial charge in [-0.2, -0.15) is 12.3 Å². The maximum absolute atomic E-state index is 10.9. The third-order valence-electron chi connectivity index (χ3n) is 2.00. The first-order valence-electron chi connectivity index (χ1n) is 3.28. The van der Waals surface area contributed by atoms with Gasteiger partial charge in [-0.05, 0) is 6.92 Å². The van der Waals surface area contributed by atoms with E-state index in [1.807, 2.05) is 6.92 Å². The van der Waals surface area contributed by atoms with Crippen LogP contribution >= 0.6 is 0 Å². The maximum atomic E-state index is 10.9. The van der Waals surface area contributed by atoms with E-state index in [0.29, 0.717) is 13.1 Å². The second-order valence-corrected chi connectivity index (χ2v) is 4.73. The van der Waals surface area contributed by atoms with E-state index in [4.69, 9.17) is 5.11 Å². The Morgan fingerprint density at radius 3 is 2.20 bits per heavy atom. The molecule has 1 heterocycles. The normalized spacial score (nSPS) is 35.8. The molecule has 0 aromatic carbocycles. The number of hydrogen-bond donors (Lipinski definition) is 1. The van der Waals surface area contributed by atoms with Gasteiger partial charge >= 0.3 is 10.0 Å². The van der Waals surface area contributed by atoms with E-state index in [0.717, 1.165) is 0 Å². The van der Waals surface area contributed by atoms with E-state index >= 15 is 0 Å². The number of rotatable bonds is 3. The smallest absolute Gasteiger partial charge is 0.350 e. The predicted molar refractivity (Wildman–Crippen MR) is 36.5 cm³/mol. The third kappa shape index (κ3) is 0.941. The molecule has 1 rings (SSSR count). The largest absolute Gasteiger partial charge is 0.390 e. The average molecular weight is 166 g/mol. The van der Waals surface area contributed by atoms with Crippen LogP contribution in [0.1, 0.15) is 6.92 Å². The molecular weight excluding hydrogens is 154 g/mol. The summed E-state index contributed by atoms with van der Waals surface area (Å²) in [6.07, 6.45) is 0. The minimum Gasteiger partial charge on any atom is -0.390 e. The fourth-order valence-corrected chi connectivity index (χ4v) is 2.98. The minimum atomic E-state index is -2.85. The predicted octanol–water partition coefficient (Wildman–Crippen LogP) is -0.884. The lowest BCUT2D eigenvalue weighted by Gasteiger charge is -2.08.